The predicted octanol–water partition coefficient (Wildman–Crippen LogP) is 4.30. The minimum Gasteiger partial charge on any atom is -0.352 e. The molecule has 9 heteroatoms. The third-order valence-electron chi connectivity index (χ3n) is 7.30. The molecule has 1 aromatic carbocycles. The average molecular weight is 495 g/mol. The van der Waals surface area contributed by atoms with Crippen molar-refractivity contribution in [1.82, 2.24) is 29.6 Å². The minimum atomic E-state index is -0.136. The first kappa shape index (κ1) is 24.0. The van der Waals surface area contributed by atoms with Gasteiger partial charge in [0.25, 0.3) is 11.5 Å². The maximum absolute atomic E-state index is 13.0. The number of carbonyl (C=O) groups is 1. The van der Waals surface area contributed by atoms with Crippen molar-refractivity contribution >= 4 is 28.6 Å². The second-order valence-corrected chi connectivity index (χ2v) is 10.4. The van der Waals surface area contributed by atoms with Gasteiger partial charge in [0.05, 0.1) is 10.9 Å². The van der Waals surface area contributed by atoms with Crippen LogP contribution in [0.2, 0.25) is 0 Å². The molecule has 0 bridgehead atoms. The lowest BCUT2D eigenvalue weighted by molar-refractivity contribution is 0.0953. The highest BCUT2D eigenvalue weighted by molar-refractivity contribution is 7.98. The summed E-state index contributed by atoms with van der Waals surface area (Å²) in [5.74, 6) is 1.72. The second kappa shape index (κ2) is 10.9. The molecule has 0 atom stereocenters. The van der Waals surface area contributed by atoms with Crippen LogP contribution in [-0.4, -0.2) is 43.0 Å². The molecule has 2 aliphatic rings. The van der Waals surface area contributed by atoms with E-state index in [0.717, 1.165) is 61.9 Å². The fourth-order valence-corrected chi connectivity index (χ4v) is 6.01. The molecule has 2 aromatic heterocycles. The van der Waals surface area contributed by atoms with Crippen molar-refractivity contribution in [2.24, 2.45) is 0 Å². The van der Waals surface area contributed by atoms with E-state index in [1.807, 2.05) is 10.8 Å². The zero-order valence-electron chi connectivity index (χ0n) is 20.5. The number of aryl methyl sites for hydroxylation is 2. The first-order valence-corrected chi connectivity index (χ1v) is 14.2. The predicted molar refractivity (Wildman–Crippen MR) is 138 cm³/mol. The maximum atomic E-state index is 13.0. The van der Waals surface area contributed by atoms with E-state index in [4.69, 9.17) is 4.98 Å². The van der Waals surface area contributed by atoms with Crippen LogP contribution in [-0.2, 0) is 19.4 Å². The number of nitrogens with zero attached hydrogens (tertiary/aromatic N) is 5. The second-order valence-electron chi connectivity index (χ2n) is 9.65. The monoisotopic (exact) mass is 494 g/mol. The van der Waals surface area contributed by atoms with Crippen molar-refractivity contribution in [2.45, 2.75) is 88.4 Å². The molecule has 35 heavy (non-hydrogen) atoms. The van der Waals surface area contributed by atoms with E-state index in [2.05, 4.69) is 20.1 Å². The van der Waals surface area contributed by atoms with E-state index in [-0.39, 0.29) is 11.5 Å². The highest BCUT2D eigenvalue weighted by atomic mass is 32.2. The molecule has 8 nitrogen and oxygen atoms in total. The van der Waals surface area contributed by atoms with Gasteiger partial charge in [0.1, 0.15) is 11.6 Å². The lowest BCUT2D eigenvalue weighted by Gasteiger charge is -2.16. The van der Waals surface area contributed by atoms with Crippen molar-refractivity contribution in [3.05, 3.63) is 45.8 Å². The molecule has 0 saturated heterocycles. The zero-order chi connectivity index (χ0) is 24.2. The van der Waals surface area contributed by atoms with Gasteiger partial charge >= 0.3 is 0 Å². The van der Waals surface area contributed by atoms with Crippen molar-refractivity contribution in [2.75, 3.05) is 12.8 Å². The van der Waals surface area contributed by atoms with Crippen LogP contribution in [0.1, 0.15) is 85.8 Å². The molecule has 1 fully saturated rings. The molecule has 1 saturated carbocycles. The summed E-state index contributed by atoms with van der Waals surface area (Å²) in [6.45, 7) is 1.29. The summed E-state index contributed by atoms with van der Waals surface area (Å²) in [4.78, 5) is 30.6. The molecule has 5 rings (SSSR count). The first-order valence-electron chi connectivity index (χ1n) is 12.9. The summed E-state index contributed by atoms with van der Waals surface area (Å²) in [6, 6.07) is 5.75. The fourth-order valence-electron chi connectivity index (χ4n) is 5.43. The van der Waals surface area contributed by atoms with Crippen LogP contribution in [0, 0.1) is 0 Å². The number of hydrogen-bond donors (Lipinski definition) is 1. The Balaban J connectivity index is 1.24. The number of hydrogen-bond acceptors (Lipinski definition) is 6. The van der Waals surface area contributed by atoms with E-state index in [0.29, 0.717) is 29.1 Å². The highest BCUT2D eigenvalue weighted by Gasteiger charge is 2.23. The summed E-state index contributed by atoms with van der Waals surface area (Å²) in [5.41, 5.74) is 1.16. The maximum Gasteiger partial charge on any atom is 0.261 e. The summed E-state index contributed by atoms with van der Waals surface area (Å²) < 4.78 is 4.14. The van der Waals surface area contributed by atoms with Gasteiger partial charge in [0.2, 0.25) is 0 Å². The number of rotatable bonds is 7. The Labute approximate surface area is 209 Å². The Kier molecular flexibility index (Phi) is 7.51. The highest BCUT2D eigenvalue weighted by Crippen LogP contribution is 2.33. The van der Waals surface area contributed by atoms with Crippen LogP contribution < -0.4 is 10.9 Å². The fraction of sp³-hybridized carbons (Fsp3) is 0.577. The third-order valence-corrected chi connectivity index (χ3v) is 7.94. The van der Waals surface area contributed by atoms with E-state index in [1.54, 1.807) is 30.0 Å². The molecule has 0 unspecified atom stereocenters. The number of nitrogens with one attached hydrogen (secondary N) is 1. The van der Waals surface area contributed by atoms with Crippen LogP contribution in [0.15, 0.2) is 28.2 Å². The SMILES string of the molecule is CSc1nnc(CCCNC(=O)c2ccc3c(=O)n4c(nc3c2)CCCCCC4)n1C1CCCC1. The van der Waals surface area contributed by atoms with Gasteiger partial charge in [-0.3, -0.25) is 14.2 Å². The number of fused-ring (bicyclic) bond motifs is 2. The molecule has 1 aliphatic heterocycles. The van der Waals surface area contributed by atoms with Gasteiger partial charge in [-0.25, -0.2) is 4.98 Å². The molecule has 0 radical (unpaired) electrons. The Morgan fingerprint density at radius 2 is 1.94 bits per heavy atom. The smallest absolute Gasteiger partial charge is 0.261 e. The largest absolute Gasteiger partial charge is 0.352 e. The normalized spacial score (nSPS) is 16.7. The lowest BCUT2D eigenvalue weighted by atomic mass is 10.1. The van der Waals surface area contributed by atoms with Crippen LogP contribution in [0.5, 0.6) is 0 Å². The molecule has 186 valence electrons. The number of thioether (sulfide) groups is 1. The average Bonchev–Trinajstić information content (AvgIpc) is 3.52. The number of amides is 1. The Morgan fingerprint density at radius 3 is 2.77 bits per heavy atom. The Bertz CT molecular complexity index is 1260. The molecule has 1 N–H and O–H groups in total. The van der Waals surface area contributed by atoms with Crippen LogP contribution in [0.4, 0.5) is 0 Å². The molecule has 0 spiro atoms. The Morgan fingerprint density at radius 1 is 1.11 bits per heavy atom. The van der Waals surface area contributed by atoms with Gasteiger partial charge in [-0.15, -0.1) is 10.2 Å². The number of benzene rings is 1. The summed E-state index contributed by atoms with van der Waals surface area (Å²) in [5, 5.41) is 13.4. The van der Waals surface area contributed by atoms with Gasteiger partial charge in [-0.2, -0.15) is 0 Å². The summed E-state index contributed by atoms with van der Waals surface area (Å²) in [6.07, 6.45) is 13.7. The van der Waals surface area contributed by atoms with Gasteiger partial charge in [0, 0.05) is 37.5 Å². The molecule has 3 heterocycles. The van der Waals surface area contributed by atoms with E-state index in [9.17, 15) is 9.59 Å². The van der Waals surface area contributed by atoms with Crippen molar-refractivity contribution in [1.29, 1.82) is 0 Å². The van der Waals surface area contributed by atoms with E-state index < -0.39 is 0 Å². The van der Waals surface area contributed by atoms with Gasteiger partial charge in [-0.1, -0.05) is 37.4 Å². The summed E-state index contributed by atoms with van der Waals surface area (Å²) >= 11 is 1.65. The van der Waals surface area contributed by atoms with Gasteiger partial charge < -0.3 is 9.88 Å². The molecule has 3 aromatic rings. The lowest BCUT2D eigenvalue weighted by Crippen LogP contribution is -2.27. The minimum absolute atomic E-state index is 0.00911. The molecule has 1 amide bonds. The van der Waals surface area contributed by atoms with Gasteiger partial charge in [0.15, 0.2) is 5.16 Å². The number of aromatic nitrogens is 5. The quantitative estimate of drug-likeness (QED) is 0.389. The first-order chi connectivity index (χ1) is 17.2. The van der Waals surface area contributed by atoms with Gasteiger partial charge in [-0.05, 0) is 56.6 Å². The van der Waals surface area contributed by atoms with Crippen LogP contribution >= 0.6 is 11.8 Å². The van der Waals surface area contributed by atoms with E-state index in [1.165, 1.54) is 32.1 Å². The molecular weight excluding hydrogens is 460 g/mol. The molecule has 1 aliphatic carbocycles. The third kappa shape index (κ3) is 5.15. The van der Waals surface area contributed by atoms with Crippen LogP contribution in [0.25, 0.3) is 10.9 Å². The standard InChI is InChI=1S/C26H34N6O2S/c1-35-26-30-29-23(32(26)19-9-5-6-10-19)12-8-15-27-24(33)18-13-14-20-21(17-18)28-22-11-4-2-3-7-16-31(22)25(20)34/h13-14,17,19H,2-12,15-16H2,1H3,(H,27,33). The number of carbonyl (C=O) groups excluding carboxylic acids is 1. The zero-order valence-corrected chi connectivity index (χ0v) is 21.3. The van der Waals surface area contributed by atoms with Crippen molar-refractivity contribution in [3.63, 3.8) is 0 Å². The van der Waals surface area contributed by atoms with Crippen LogP contribution in [0.3, 0.4) is 0 Å². The topological polar surface area (TPSA) is 94.7 Å². The molecular formula is C26H34N6O2S. The Hall–Kier alpha value is -2.68. The van der Waals surface area contributed by atoms with Crippen molar-refractivity contribution in [3.8, 4) is 0 Å². The van der Waals surface area contributed by atoms with E-state index >= 15 is 0 Å². The summed E-state index contributed by atoms with van der Waals surface area (Å²) in [7, 11) is 0. The van der Waals surface area contributed by atoms with Crippen molar-refractivity contribution < 1.29 is 4.79 Å².